The minimum absolute atomic E-state index is 0.224. The molecule has 1 aliphatic heterocycles. The molecule has 8 heteroatoms. The lowest BCUT2D eigenvalue weighted by atomic mass is 9.94. The summed E-state index contributed by atoms with van der Waals surface area (Å²) >= 11 is 2.65. The summed E-state index contributed by atoms with van der Waals surface area (Å²) in [5.41, 5.74) is 7.06. The van der Waals surface area contributed by atoms with Crippen molar-refractivity contribution in [3.05, 3.63) is 10.4 Å². The lowest BCUT2D eigenvalue weighted by molar-refractivity contribution is -0.136. The SMILES string of the molecule is C[C@@H](Sc1nc(N)c2c3c(sc2n1)COC(C)(C)C3)C(=O)O. The Hall–Kier alpha value is -1.38. The molecule has 0 saturated carbocycles. The predicted molar refractivity (Wildman–Crippen MR) is 87.4 cm³/mol. The van der Waals surface area contributed by atoms with Gasteiger partial charge in [0.1, 0.15) is 15.9 Å². The number of carbonyl (C=O) groups is 1. The number of aliphatic carboxylic acids is 1. The van der Waals surface area contributed by atoms with Gasteiger partial charge in [-0.2, -0.15) is 0 Å². The predicted octanol–water partition coefficient (Wildman–Crippen LogP) is 2.69. The lowest BCUT2D eigenvalue weighted by Gasteiger charge is -2.30. The molecule has 2 aromatic rings. The number of aromatic nitrogens is 2. The Morgan fingerprint density at radius 1 is 1.50 bits per heavy atom. The monoisotopic (exact) mass is 339 g/mol. The average Bonchev–Trinajstić information content (AvgIpc) is 2.75. The zero-order valence-corrected chi connectivity index (χ0v) is 14.2. The Bertz CT molecular complexity index is 757. The minimum Gasteiger partial charge on any atom is -0.480 e. The Labute approximate surface area is 136 Å². The number of carboxylic acids is 1. The van der Waals surface area contributed by atoms with Crippen molar-refractivity contribution >= 4 is 45.1 Å². The summed E-state index contributed by atoms with van der Waals surface area (Å²) in [6, 6.07) is 0. The van der Waals surface area contributed by atoms with E-state index >= 15 is 0 Å². The normalized spacial score (nSPS) is 18.1. The van der Waals surface area contributed by atoms with E-state index in [9.17, 15) is 4.79 Å². The molecule has 2 aromatic heterocycles. The third kappa shape index (κ3) is 2.78. The van der Waals surface area contributed by atoms with Crippen molar-refractivity contribution < 1.29 is 14.6 Å². The first kappa shape index (κ1) is 15.5. The quantitative estimate of drug-likeness (QED) is 0.655. The van der Waals surface area contributed by atoms with E-state index in [0.29, 0.717) is 17.6 Å². The summed E-state index contributed by atoms with van der Waals surface area (Å²) < 4.78 is 5.83. The molecule has 0 aromatic carbocycles. The van der Waals surface area contributed by atoms with Crippen LogP contribution in [-0.2, 0) is 22.6 Å². The number of ether oxygens (including phenoxy) is 1. The molecule has 118 valence electrons. The van der Waals surface area contributed by atoms with Crippen LogP contribution in [0.5, 0.6) is 0 Å². The molecule has 3 rings (SSSR count). The van der Waals surface area contributed by atoms with Gasteiger partial charge in [0.2, 0.25) is 0 Å². The van der Waals surface area contributed by atoms with E-state index in [-0.39, 0.29) is 5.60 Å². The van der Waals surface area contributed by atoms with Crippen LogP contribution >= 0.6 is 23.1 Å². The fraction of sp³-hybridized carbons (Fsp3) is 0.500. The second-order valence-corrected chi connectivity index (χ2v) is 8.29. The molecular formula is C14H17N3O3S2. The van der Waals surface area contributed by atoms with E-state index in [1.54, 1.807) is 18.3 Å². The Morgan fingerprint density at radius 3 is 2.91 bits per heavy atom. The number of carboxylic acid groups (broad SMARTS) is 1. The molecule has 0 saturated heterocycles. The molecule has 0 amide bonds. The van der Waals surface area contributed by atoms with Crippen molar-refractivity contribution in [1.82, 2.24) is 9.97 Å². The second-order valence-electron chi connectivity index (χ2n) is 5.90. The van der Waals surface area contributed by atoms with E-state index in [1.807, 2.05) is 0 Å². The highest BCUT2D eigenvalue weighted by Crippen LogP contribution is 2.40. The molecule has 22 heavy (non-hydrogen) atoms. The van der Waals surface area contributed by atoms with E-state index in [1.165, 1.54) is 0 Å². The van der Waals surface area contributed by atoms with Crippen LogP contribution in [0, 0.1) is 0 Å². The molecule has 0 bridgehead atoms. The van der Waals surface area contributed by atoms with E-state index in [2.05, 4.69) is 23.8 Å². The number of hydrogen-bond donors (Lipinski definition) is 2. The maximum Gasteiger partial charge on any atom is 0.316 e. The molecule has 1 aliphatic rings. The van der Waals surface area contributed by atoms with Crippen LogP contribution in [0.3, 0.4) is 0 Å². The molecule has 0 unspecified atom stereocenters. The van der Waals surface area contributed by atoms with Gasteiger partial charge in [-0.05, 0) is 26.3 Å². The Balaban J connectivity index is 2.04. The molecule has 3 N–H and O–H groups in total. The summed E-state index contributed by atoms with van der Waals surface area (Å²) in [4.78, 5) is 21.7. The fourth-order valence-corrected chi connectivity index (χ4v) is 4.29. The van der Waals surface area contributed by atoms with Crippen molar-refractivity contribution in [3.8, 4) is 0 Å². The molecule has 1 atom stereocenters. The number of fused-ring (bicyclic) bond motifs is 3. The lowest BCUT2D eigenvalue weighted by Crippen LogP contribution is -2.31. The maximum absolute atomic E-state index is 11.0. The van der Waals surface area contributed by atoms with Crippen molar-refractivity contribution in [1.29, 1.82) is 0 Å². The average molecular weight is 339 g/mol. The Kier molecular flexibility index (Phi) is 3.78. The van der Waals surface area contributed by atoms with Crippen LogP contribution in [0.1, 0.15) is 31.2 Å². The van der Waals surface area contributed by atoms with Crippen LogP contribution < -0.4 is 5.73 Å². The number of nitrogens with zero attached hydrogens (tertiary/aromatic N) is 2. The molecule has 0 radical (unpaired) electrons. The summed E-state index contributed by atoms with van der Waals surface area (Å²) in [5, 5.41) is 9.67. The molecule has 0 spiro atoms. The van der Waals surface area contributed by atoms with Gasteiger partial charge in [0.05, 0.1) is 17.6 Å². The highest BCUT2D eigenvalue weighted by molar-refractivity contribution is 8.00. The van der Waals surface area contributed by atoms with Crippen molar-refractivity contribution in [2.75, 3.05) is 5.73 Å². The number of hydrogen-bond acceptors (Lipinski definition) is 7. The van der Waals surface area contributed by atoms with Crippen molar-refractivity contribution in [3.63, 3.8) is 0 Å². The van der Waals surface area contributed by atoms with Gasteiger partial charge in [-0.25, -0.2) is 9.97 Å². The van der Waals surface area contributed by atoms with E-state index < -0.39 is 11.2 Å². The topological polar surface area (TPSA) is 98.3 Å². The van der Waals surface area contributed by atoms with E-state index in [0.717, 1.165) is 38.8 Å². The van der Waals surface area contributed by atoms with E-state index in [4.69, 9.17) is 15.6 Å². The van der Waals surface area contributed by atoms with Crippen molar-refractivity contribution in [2.24, 2.45) is 0 Å². The number of thioether (sulfide) groups is 1. The summed E-state index contributed by atoms with van der Waals surface area (Å²) in [5.74, 6) is -0.479. The molecule has 0 fully saturated rings. The molecule has 0 aliphatic carbocycles. The third-order valence-corrected chi connectivity index (χ3v) is 5.62. The molecule has 6 nitrogen and oxygen atoms in total. The number of rotatable bonds is 3. The summed E-state index contributed by atoms with van der Waals surface area (Å²) in [6.07, 6.45) is 0.772. The maximum atomic E-state index is 11.0. The summed E-state index contributed by atoms with van der Waals surface area (Å²) in [7, 11) is 0. The van der Waals surface area contributed by atoms with Crippen molar-refractivity contribution in [2.45, 2.75) is 49.8 Å². The molecular weight excluding hydrogens is 322 g/mol. The standard InChI is InChI=1S/C14H17N3O3S2/c1-6(12(18)19)21-13-16-10(15)9-7-4-14(2,3)20-5-8(7)22-11(9)17-13/h6H,4-5H2,1-3H3,(H,18,19)(H2,15,16,17)/t6-/m1/s1. The van der Waals surface area contributed by atoms with Gasteiger partial charge in [-0.15, -0.1) is 11.3 Å². The minimum atomic E-state index is -0.895. The van der Waals surface area contributed by atoms with Gasteiger partial charge in [-0.3, -0.25) is 4.79 Å². The smallest absolute Gasteiger partial charge is 0.316 e. The van der Waals surface area contributed by atoms with Crippen LogP contribution in [0.4, 0.5) is 5.82 Å². The first-order valence-corrected chi connectivity index (χ1v) is 8.57. The van der Waals surface area contributed by atoms with Gasteiger partial charge in [-0.1, -0.05) is 11.8 Å². The third-order valence-electron chi connectivity index (χ3n) is 3.57. The first-order valence-electron chi connectivity index (χ1n) is 6.88. The van der Waals surface area contributed by atoms with Crippen LogP contribution in [0.15, 0.2) is 5.16 Å². The zero-order chi connectivity index (χ0) is 16.1. The number of anilines is 1. The van der Waals surface area contributed by atoms with Gasteiger partial charge < -0.3 is 15.6 Å². The largest absolute Gasteiger partial charge is 0.480 e. The van der Waals surface area contributed by atoms with Crippen LogP contribution in [0.25, 0.3) is 10.2 Å². The highest BCUT2D eigenvalue weighted by atomic mass is 32.2. The zero-order valence-electron chi connectivity index (χ0n) is 12.5. The first-order chi connectivity index (χ1) is 10.3. The van der Waals surface area contributed by atoms with Gasteiger partial charge in [0, 0.05) is 11.3 Å². The number of nitrogen functional groups attached to an aromatic ring is 1. The fourth-order valence-electron chi connectivity index (χ4n) is 2.41. The second kappa shape index (κ2) is 5.36. The Morgan fingerprint density at radius 2 is 2.23 bits per heavy atom. The van der Waals surface area contributed by atoms with Crippen LogP contribution in [0.2, 0.25) is 0 Å². The van der Waals surface area contributed by atoms with Gasteiger partial charge >= 0.3 is 5.97 Å². The highest BCUT2D eigenvalue weighted by Gasteiger charge is 2.30. The van der Waals surface area contributed by atoms with Crippen LogP contribution in [-0.4, -0.2) is 31.9 Å². The number of nitrogens with two attached hydrogens (primary N) is 1. The van der Waals surface area contributed by atoms with Gasteiger partial charge in [0.15, 0.2) is 5.16 Å². The summed E-state index contributed by atoms with van der Waals surface area (Å²) in [6.45, 7) is 6.26. The number of thiophene rings is 1. The molecule has 3 heterocycles. The van der Waals surface area contributed by atoms with Gasteiger partial charge in [0.25, 0.3) is 0 Å².